The monoisotopic (exact) mass is 495 g/mol. The first-order chi connectivity index (χ1) is 15.8. The van der Waals surface area contributed by atoms with E-state index < -0.39 is 35.2 Å². The lowest BCUT2D eigenvalue weighted by molar-refractivity contribution is -0.140. The second-order valence-corrected chi connectivity index (χ2v) is 9.30. The number of carbonyl (C=O) groups is 1. The predicted octanol–water partition coefficient (Wildman–Crippen LogP) is 3.73. The van der Waals surface area contributed by atoms with E-state index in [4.69, 9.17) is 10.5 Å². The highest BCUT2D eigenvalue weighted by Crippen LogP contribution is 2.31. The molecule has 0 fully saturated rings. The van der Waals surface area contributed by atoms with Gasteiger partial charge in [-0.1, -0.05) is 12.0 Å². The molecule has 1 aromatic heterocycles. The molecule has 0 saturated carbocycles. The van der Waals surface area contributed by atoms with Crippen LogP contribution in [-0.4, -0.2) is 50.3 Å². The Morgan fingerprint density at radius 3 is 2.53 bits per heavy atom. The van der Waals surface area contributed by atoms with Gasteiger partial charge in [0, 0.05) is 23.4 Å². The lowest BCUT2D eigenvalue weighted by atomic mass is 10.2. The Labute approximate surface area is 193 Å². The molecular weight excluding hydrogens is 475 g/mol. The molecule has 0 spiro atoms. The molecule has 12 heteroatoms. The van der Waals surface area contributed by atoms with Crippen molar-refractivity contribution in [2.75, 3.05) is 30.5 Å². The molecule has 2 aromatic carbocycles. The van der Waals surface area contributed by atoms with Crippen molar-refractivity contribution in [3.8, 4) is 17.6 Å². The molecule has 0 radical (unpaired) electrons. The van der Waals surface area contributed by atoms with E-state index in [-0.39, 0.29) is 33.2 Å². The number of nitrogens with zero attached hydrogens (tertiary/aromatic N) is 2. The fraction of sp³-hybridized carbons (Fsp3) is 0.227. The van der Waals surface area contributed by atoms with Gasteiger partial charge in [0.2, 0.25) is 0 Å². The Hall–Kier alpha value is -3.85. The number of sulfone groups is 1. The average molecular weight is 495 g/mol. The third-order valence-electron chi connectivity index (χ3n) is 4.87. The Bertz CT molecular complexity index is 1420. The van der Waals surface area contributed by atoms with Crippen LogP contribution in [0.4, 0.5) is 29.3 Å². The maximum absolute atomic E-state index is 13.2. The lowest BCUT2D eigenvalue weighted by Gasteiger charge is -2.19. The van der Waals surface area contributed by atoms with Crippen LogP contribution in [0.2, 0.25) is 0 Å². The van der Waals surface area contributed by atoms with E-state index in [1.807, 2.05) is 0 Å². The van der Waals surface area contributed by atoms with Crippen LogP contribution in [0.5, 0.6) is 5.75 Å². The van der Waals surface area contributed by atoms with E-state index in [0.29, 0.717) is 5.39 Å². The molecule has 34 heavy (non-hydrogen) atoms. The average Bonchev–Trinajstić information content (AvgIpc) is 3.07. The Morgan fingerprint density at radius 1 is 1.24 bits per heavy atom. The molecule has 1 amide bonds. The number of fused-ring (bicyclic) bond motifs is 1. The third-order valence-corrected chi connectivity index (χ3v) is 5.98. The van der Waals surface area contributed by atoms with Crippen molar-refractivity contribution >= 4 is 38.2 Å². The van der Waals surface area contributed by atoms with Crippen molar-refractivity contribution in [1.29, 1.82) is 0 Å². The quantitative estimate of drug-likeness (QED) is 0.412. The number of amides is 1. The number of halogens is 3. The van der Waals surface area contributed by atoms with Crippen LogP contribution in [0.3, 0.4) is 0 Å². The van der Waals surface area contributed by atoms with Crippen LogP contribution in [0.1, 0.15) is 5.69 Å². The highest BCUT2D eigenvalue weighted by molar-refractivity contribution is 7.90. The van der Waals surface area contributed by atoms with Crippen molar-refractivity contribution in [3.05, 3.63) is 48.2 Å². The molecule has 0 saturated heterocycles. The number of nitrogens with two attached hydrogens (primary N) is 1. The molecule has 0 aliphatic heterocycles. The maximum Gasteiger partial charge on any atom is 0.412 e. The topological polar surface area (TPSA) is 115 Å². The summed E-state index contributed by atoms with van der Waals surface area (Å²) >= 11 is 0. The second-order valence-electron chi connectivity index (χ2n) is 7.29. The largest absolute Gasteiger partial charge is 0.495 e. The minimum Gasteiger partial charge on any atom is -0.495 e. The van der Waals surface area contributed by atoms with Gasteiger partial charge in [0.15, 0.2) is 9.84 Å². The fourth-order valence-electron chi connectivity index (χ4n) is 3.34. The molecule has 0 aliphatic rings. The minimum atomic E-state index is -4.52. The first-order valence-corrected chi connectivity index (χ1v) is 11.5. The number of alkyl halides is 3. The SMILES string of the molecule is COc1cc(S(C)(=O)=O)ccc1N(CC#Cc1cc2c(N)cccc2n1CC(F)(F)F)C(=O)O. The zero-order chi connectivity index (χ0) is 25.3. The zero-order valence-electron chi connectivity index (χ0n) is 18.0. The molecule has 0 aliphatic carbocycles. The van der Waals surface area contributed by atoms with Crippen molar-refractivity contribution in [2.45, 2.75) is 17.6 Å². The zero-order valence-corrected chi connectivity index (χ0v) is 18.9. The number of methoxy groups -OCH3 is 1. The summed E-state index contributed by atoms with van der Waals surface area (Å²) in [6.07, 6.45) is -4.94. The van der Waals surface area contributed by atoms with Gasteiger partial charge in [0.25, 0.3) is 0 Å². The summed E-state index contributed by atoms with van der Waals surface area (Å²) in [5.74, 6) is 5.15. The summed E-state index contributed by atoms with van der Waals surface area (Å²) in [4.78, 5) is 12.6. The number of rotatable bonds is 5. The van der Waals surface area contributed by atoms with E-state index in [1.54, 1.807) is 6.07 Å². The molecule has 180 valence electrons. The predicted molar refractivity (Wildman–Crippen MR) is 121 cm³/mol. The molecule has 0 unspecified atom stereocenters. The Kier molecular flexibility index (Phi) is 6.70. The van der Waals surface area contributed by atoms with Gasteiger partial charge >= 0.3 is 12.3 Å². The standard InChI is InChI=1S/C22H20F3N3O5S/c1-33-20-12-15(34(2,31)32)8-9-19(20)27(21(29)30)10-4-5-14-11-16-17(26)6-3-7-18(16)28(14)13-22(23,24)25/h3,6-9,11-12H,10,13,26H2,1-2H3,(H,29,30). The minimum absolute atomic E-state index is 0.00922. The summed E-state index contributed by atoms with van der Waals surface area (Å²) < 4.78 is 69.1. The number of hydrogen-bond donors (Lipinski definition) is 2. The second kappa shape index (κ2) is 9.18. The number of carboxylic acid groups (broad SMARTS) is 1. The van der Waals surface area contributed by atoms with Crippen LogP contribution < -0.4 is 15.4 Å². The smallest absolute Gasteiger partial charge is 0.412 e. The van der Waals surface area contributed by atoms with Gasteiger partial charge < -0.3 is 20.1 Å². The van der Waals surface area contributed by atoms with Gasteiger partial charge in [-0.15, -0.1) is 0 Å². The van der Waals surface area contributed by atoms with E-state index in [9.17, 15) is 31.5 Å². The van der Waals surface area contributed by atoms with E-state index in [0.717, 1.165) is 15.7 Å². The van der Waals surface area contributed by atoms with Gasteiger partial charge in [-0.3, -0.25) is 4.90 Å². The van der Waals surface area contributed by atoms with E-state index >= 15 is 0 Å². The molecule has 3 aromatic rings. The molecule has 0 atom stereocenters. The van der Waals surface area contributed by atoms with Crippen molar-refractivity contribution in [1.82, 2.24) is 4.57 Å². The Balaban J connectivity index is 2.01. The van der Waals surface area contributed by atoms with Crippen LogP contribution in [0.25, 0.3) is 10.9 Å². The molecule has 1 heterocycles. The first kappa shape index (κ1) is 24.8. The molecule has 3 N–H and O–H groups in total. The van der Waals surface area contributed by atoms with E-state index in [2.05, 4.69) is 11.8 Å². The summed E-state index contributed by atoms with van der Waals surface area (Å²) in [5.41, 5.74) is 6.45. The fourth-order valence-corrected chi connectivity index (χ4v) is 3.97. The maximum atomic E-state index is 13.2. The summed E-state index contributed by atoms with van der Waals surface area (Å²) in [6, 6.07) is 9.64. The number of nitrogen functional groups attached to an aromatic ring is 1. The van der Waals surface area contributed by atoms with Gasteiger partial charge in [0.05, 0.1) is 35.4 Å². The van der Waals surface area contributed by atoms with Crippen LogP contribution in [0, 0.1) is 11.8 Å². The highest BCUT2D eigenvalue weighted by Gasteiger charge is 2.30. The first-order valence-electron chi connectivity index (χ1n) is 9.63. The van der Waals surface area contributed by atoms with Gasteiger partial charge in [-0.25, -0.2) is 13.2 Å². The molecule has 0 bridgehead atoms. The summed E-state index contributed by atoms with van der Waals surface area (Å²) in [7, 11) is -2.32. The van der Waals surface area contributed by atoms with Crippen LogP contribution >= 0.6 is 0 Å². The number of aromatic nitrogens is 1. The number of hydrogen-bond acceptors (Lipinski definition) is 5. The number of ether oxygens (including phenoxy) is 1. The van der Waals surface area contributed by atoms with Gasteiger partial charge in [-0.05, 0) is 36.3 Å². The highest BCUT2D eigenvalue weighted by atomic mass is 32.2. The lowest BCUT2D eigenvalue weighted by Crippen LogP contribution is -2.30. The van der Waals surface area contributed by atoms with Gasteiger partial charge in [-0.2, -0.15) is 13.2 Å². The van der Waals surface area contributed by atoms with Crippen LogP contribution in [-0.2, 0) is 16.4 Å². The van der Waals surface area contributed by atoms with Crippen molar-refractivity contribution < 1.29 is 36.2 Å². The van der Waals surface area contributed by atoms with Crippen molar-refractivity contribution in [3.63, 3.8) is 0 Å². The summed E-state index contributed by atoms with van der Waals surface area (Å²) in [6.45, 7) is -1.72. The Morgan fingerprint density at radius 2 is 1.94 bits per heavy atom. The van der Waals surface area contributed by atoms with Crippen molar-refractivity contribution in [2.24, 2.45) is 0 Å². The normalized spacial score (nSPS) is 11.7. The van der Waals surface area contributed by atoms with Crippen LogP contribution in [0.15, 0.2) is 47.4 Å². The number of anilines is 2. The van der Waals surface area contributed by atoms with E-state index in [1.165, 1.54) is 43.5 Å². The molecule has 3 rings (SSSR count). The van der Waals surface area contributed by atoms with Gasteiger partial charge in [0.1, 0.15) is 12.3 Å². The molecule has 8 nitrogen and oxygen atoms in total. The summed E-state index contributed by atoms with van der Waals surface area (Å²) in [5, 5.41) is 10.0. The third kappa shape index (κ3) is 5.37. The number of benzene rings is 2. The molecular formula is C22H20F3N3O5S.